The summed E-state index contributed by atoms with van der Waals surface area (Å²) in [5.41, 5.74) is 0.423. The number of benzene rings is 1. The van der Waals surface area contributed by atoms with Crippen LogP contribution < -0.4 is 15.4 Å². The van der Waals surface area contributed by atoms with E-state index in [0.29, 0.717) is 17.2 Å². The number of carbonyl (C=O) groups is 2. The van der Waals surface area contributed by atoms with Gasteiger partial charge in [0, 0.05) is 12.5 Å². The third-order valence-corrected chi connectivity index (χ3v) is 5.30. The summed E-state index contributed by atoms with van der Waals surface area (Å²) < 4.78 is 35.0. The molecule has 2 heterocycles. The summed E-state index contributed by atoms with van der Waals surface area (Å²) in [5, 5.41) is 5.18. The van der Waals surface area contributed by atoms with Crippen molar-refractivity contribution in [2.45, 2.75) is 17.9 Å². The van der Waals surface area contributed by atoms with Crippen LogP contribution in [-0.4, -0.2) is 32.6 Å². The van der Waals surface area contributed by atoms with Crippen molar-refractivity contribution in [1.29, 1.82) is 0 Å². The first-order chi connectivity index (χ1) is 11.9. The average molecular weight is 364 g/mol. The van der Waals surface area contributed by atoms with Gasteiger partial charge in [-0.05, 0) is 24.3 Å². The van der Waals surface area contributed by atoms with E-state index in [-0.39, 0.29) is 42.0 Å². The van der Waals surface area contributed by atoms with Gasteiger partial charge in [0.25, 0.3) is 5.91 Å². The van der Waals surface area contributed by atoms with Gasteiger partial charge in [-0.1, -0.05) is 0 Å². The van der Waals surface area contributed by atoms with Gasteiger partial charge in [0.15, 0.2) is 16.4 Å². The van der Waals surface area contributed by atoms with Gasteiger partial charge in [-0.2, -0.15) is 0 Å². The predicted molar refractivity (Wildman–Crippen MR) is 87.8 cm³/mol. The first kappa shape index (κ1) is 17.0. The van der Waals surface area contributed by atoms with Crippen LogP contribution in [0.25, 0.3) is 0 Å². The van der Waals surface area contributed by atoms with Crippen LogP contribution in [0.2, 0.25) is 0 Å². The van der Waals surface area contributed by atoms with Crippen LogP contribution in [0.1, 0.15) is 12.2 Å². The van der Waals surface area contributed by atoms with Gasteiger partial charge in [-0.25, -0.2) is 8.42 Å². The topological polar surface area (TPSA) is 115 Å². The molecule has 0 aliphatic carbocycles. The Hall–Kier alpha value is -2.81. The van der Waals surface area contributed by atoms with Crippen molar-refractivity contribution in [3.05, 3.63) is 42.4 Å². The second-order valence-corrected chi connectivity index (χ2v) is 7.53. The quantitative estimate of drug-likeness (QED) is 0.793. The van der Waals surface area contributed by atoms with E-state index < -0.39 is 9.84 Å². The fourth-order valence-corrected chi connectivity index (χ4v) is 3.53. The third-order valence-electron chi connectivity index (χ3n) is 3.58. The molecule has 0 spiro atoms. The molecule has 0 unspecified atom stereocenters. The van der Waals surface area contributed by atoms with E-state index in [4.69, 9.17) is 9.15 Å². The molecule has 2 amide bonds. The first-order valence-corrected chi connectivity index (χ1v) is 9.18. The number of sulfone groups is 1. The third kappa shape index (κ3) is 4.18. The van der Waals surface area contributed by atoms with Gasteiger partial charge in [0.2, 0.25) is 5.91 Å². The van der Waals surface area contributed by atoms with Crippen LogP contribution in [0.15, 0.2) is 45.9 Å². The van der Waals surface area contributed by atoms with Gasteiger partial charge in [0.05, 0.1) is 29.1 Å². The summed E-state index contributed by atoms with van der Waals surface area (Å²) in [4.78, 5) is 23.1. The Bertz CT molecular complexity index is 889. The van der Waals surface area contributed by atoms with Gasteiger partial charge in [-0.15, -0.1) is 0 Å². The minimum Gasteiger partial charge on any atom is -0.482 e. The van der Waals surface area contributed by atoms with Gasteiger partial charge in [-0.3, -0.25) is 9.59 Å². The summed E-state index contributed by atoms with van der Waals surface area (Å²) in [6, 6.07) is 7.61. The summed E-state index contributed by atoms with van der Waals surface area (Å²) in [6.07, 6.45) is 1.32. The fourth-order valence-electron chi connectivity index (χ4n) is 2.28. The Balaban J connectivity index is 1.60. The van der Waals surface area contributed by atoms with E-state index in [9.17, 15) is 18.0 Å². The lowest BCUT2D eigenvalue weighted by Crippen LogP contribution is -2.26. The number of furan rings is 1. The molecule has 0 radical (unpaired) electrons. The molecule has 1 aromatic heterocycles. The number of anilines is 1. The van der Waals surface area contributed by atoms with E-state index >= 15 is 0 Å². The zero-order valence-corrected chi connectivity index (χ0v) is 14.0. The Morgan fingerprint density at radius 3 is 2.88 bits per heavy atom. The first-order valence-electron chi connectivity index (χ1n) is 7.52. The van der Waals surface area contributed by atoms with Crippen molar-refractivity contribution in [3.8, 4) is 5.75 Å². The number of nitrogens with one attached hydrogen (secondary N) is 2. The standard InChI is InChI=1S/C16H16N2O6S/c19-15(17-9-11-2-1-6-23-11)5-7-25(21,22)12-3-4-13-14(8-12)24-10-16(20)18-13/h1-4,6,8H,5,7,9-10H2,(H,17,19)(H,18,20). The lowest BCUT2D eigenvalue weighted by molar-refractivity contribution is -0.121. The molecule has 9 heteroatoms. The van der Waals surface area contributed by atoms with Crippen molar-refractivity contribution in [3.63, 3.8) is 0 Å². The number of rotatable bonds is 6. The molecule has 1 aliphatic rings. The number of hydrogen-bond donors (Lipinski definition) is 2. The highest BCUT2D eigenvalue weighted by Crippen LogP contribution is 2.30. The molecule has 132 valence electrons. The van der Waals surface area contributed by atoms with E-state index in [0.717, 1.165) is 0 Å². The Labute approximate surface area is 144 Å². The molecule has 2 aromatic rings. The van der Waals surface area contributed by atoms with Crippen molar-refractivity contribution >= 4 is 27.3 Å². The zero-order valence-electron chi connectivity index (χ0n) is 13.2. The SMILES string of the molecule is O=C(CCS(=O)(=O)c1ccc2c(c1)OCC(=O)N2)NCc1ccco1. The van der Waals surface area contributed by atoms with Crippen molar-refractivity contribution in [2.75, 3.05) is 17.7 Å². The van der Waals surface area contributed by atoms with Crippen LogP contribution in [0.5, 0.6) is 5.75 Å². The molecule has 0 fully saturated rings. The molecular weight excluding hydrogens is 348 g/mol. The normalized spacial score (nSPS) is 13.5. The summed E-state index contributed by atoms with van der Waals surface area (Å²) in [7, 11) is -3.65. The van der Waals surface area contributed by atoms with Crippen LogP contribution in [-0.2, 0) is 26.0 Å². The predicted octanol–water partition coefficient (Wildman–Crippen LogP) is 1.09. The van der Waals surface area contributed by atoms with E-state index in [1.807, 2.05) is 0 Å². The Kier molecular flexibility index (Phi) is 4.75. The Morgan fingerprint density at radius 2 is 2.12 bits per heavy atom. The molecule has 0 saturated carbocycles. The number of amides is 2. The lowest BCUT2D eigenvalue weighted by Gasteiger charge is -2.18. The van der Waals surface area contributed by atoms with Gasteiger partial charge >= 0.3 is 0 Å². The van der Waals surface area contributed by atoms with E-state index in [2.05, 4.69) is 10.6 Å². The molecular formula is C16H16N2O6S. The summed E-state index contributed by atoms with van der Waals surface area (Å²) >= 11 is 0. The van der Waals surface area contributed by atoms with Crippen LogP contribution in [0, 0.1) is 0 Å². The maximum Gasteiger partial charge on any atom is 0.262 e. The van der Waals surface area contributed by atoms with Gasteiger partial charge in [0.1, 0.15) is 11.5 Å². The number of carbonyl (C=O) groups excluding carboxylic acids is 2. The molecule has 1 aromatic carbocycles. The van der Waals surface area contributed by atoms with E-state index in [1.165, 1.54) is 24.5 Å². The molecule has 3 rings (SSSR count). The zero-order chi connectivity index (χ0) is 17.9. The summed E-state index contributed by atoms with van der Waals surface area (Å²) in [6.45, 7) is 0.0456. The van der Waals surface area contributed by atoms with Gasteiger partial charge < -0.3 is 19.8 Å². The smallest absolute Gasteiger partial charge is 0.262 e. The van der Waals surface area contributed by atoms with Crippen LogP contribution in [0.3, 0.4) is 0 Å². The molecule has 8 nitrogen and oxygen atoms in total. The highest BCUT2D eigenvalue weighted by molar-refractivity contribution is 7.91. The minimum atomic E-state index is -3.65. The number of ether oxygens (including phenoxy) is 1. The lowest BCUT2D eigenvalue weighted by atomic mass is 10.2. The fraction of sp³-hybridized carbons (Fsp3) is 0.250. The maximum absolute atomic E-state index is 12.4. The molecule has 0 saturated heterocycles. The molecule has 2 N–H and O–H groups in total. The monoisotopic (exact) mass is 364 g/mol. The number of hydrogen-bond acceptors (Lipinski definition) is 6. The maximum atomic E-state index is 12.4. The Morgan fingerprint density at radius 1 is 1.28 bits per heavy atom. The van der Waals surface area contributed by atoms with Crippen molar-refractivity contribution in [1.82, 2.24) is 5.32 Å². The molecule has 0 bridgehead atoms. The minimum absolute atomic E-state index is 0.0428. The average Bonchev–Trinajstić information content (AvgIpc) is 3.11. The van der Waals surface area contributed by atoms with E-state index in [1.54, 1.807) is 12.1 Å². The largest absolute Gasteiger partial charge is 0.482 e. The van der Waals surface area contributed by atoms with Crippen molar-refractivity contribution < 1.29 is 27.2 Å². The second-order valence-electron chi connectivity index (χ2n) is 5.42. The second kappa shape index (κ2) is 6.98. The molecule has 1 aliphatic heterocycles. The number of fused-ring (bicyclic) bond motifs is 1. The van der Waals surface area contributed by atoms with Crippen molar-refractivity contribution in [2.24, 2.45) is 0 Å². The molecule has 25 heavy (non-hydrogen) atoms. The highest BCUT2D eigenvalue weighted by atomic mass is 32.2. The van der Waals surface area contributed by atoms with Crippen LogP contribution >= 0.6 is 0 Å². The molecule has 0 atom stereocenters. The summed E-state index contributed by atoms with van der Waals surface area (Å²) in [5.74, 6) is -0.131. The highest BCUT2D eigenvalue weighted by Gasteiger charge is 2.21. The van der Waals surface area contributed by atoms with Crippen LogP contribution in [0.4, 0.5) is 5.69 Å².